The number of urea groups is 1. The Morgan fingerprint density at radius 3 is 2.38 bits per heavy atom. The van der Waals surface area contributed by atoms with Gasteiger partial charge in [-0.2, -0.15) is 0 Å². The average molecular weight is 311 g/mol. The van der Waals surface area contributed by atoms with Crippen LogP contribution in [0.3, 0.4) is 0 Å². The van der Waals surface area contributed by atoms with Crippen LogP contribution in [0.1, 0.15) is 31.2 Å². The lowest BCUT2D eigenvalue weighted by Crippen LogP contribution is -2.41. The van der Waals surface area contributed by atoms with E-state index >= 15 is 0 Å². The van der Waals surface area contributed by atoms with Gasteiger partial charge in [0.2, 0.25) is 10.0 Å². The second kappa shape index (κ2) is 6.91. The highest BCUT2D eigenvalue weighted by molar-refractivity contribution is 7.89. The first-order valence-corrected chi connectivity index (χ1v) is 8.66. The zero-order chi connectivity index (χ0) is 15.3. The number of hydrogen-bond acceptors (Lipinski definition) is 3. The third-order valence-electron chi connectivity index (χ3n) is 3.64. The van der Waals surface area contributed by atoms with E-state index in [-0.39, 0.29) is 10.9 Å². The van der Waals surface area contributed by atoms with Crippen molar-refractivity contribution in [1.82, 2.24) is 10.6 Å². The zero-order valence-corrected chi connectivity index (χ0v) is 12.7. The second-order valence-corrected chi connectivity index (χ2v) is 6.88. The summed E-state index contributed by atoms with van der Waals surface area (Å²) in [6.45, 7) is 0.507. The molecule has 1 aliphatic rings. The van der Waals surface area contributed by atoms with Gasteiger partial charge >= 0.3 is 6.03 Å². The van der Waals surface area contributed by atoms with Crippen molar-refractivity contribution < 1.29 is 13.2 Å². The second-order valence-electron chi connectivity index (χ2n) is 5.32. The molecular weight excluding hydrogens is 290 g/mol. The van der Waals surface area contributed by atoms with Crippen LogP contribution in [-0.4, -0.2) is 27.0 Å². The summed E-state index contributed by atoms with van der Waals surface area (Å²) >= 11 is 0. The summed E-state index contributed by atoms with van der Waals surface area (Å²) in [5, 5.41) is 10.8. The minimum absolute atomic E-state index is 0.0955. The molecule has 0 aromatic heterocycles. The van der Waals surface area contributed by atoms with Gasteiger partial charge in [-0.1, -0.05) is 25.0 Å². The fourth-order valence-electron chi connectivity index (χ4n) is 2.47. The normalized spacial score (nSPS) is 15.9. The summed E-state index contributed by atoms with van der Waals surface area (Å²) in [6.07, 6.45) is 5.12. The monoisotopic (exact) mass is 311 g/mol. The lowest BCUT2D eigenvalue weighted by Gasteiger charge is -2.12. The molecule has 116 valence electrons. The Hall–Kier alpha value is -1.60. The van der Waals surface area contributed by atoms with Gasteiger partial charge < -0.3 is 10.6 Å². The van der Waals surface area contributed by atoms with E-state index in [2.05, 4.69) is 10.6 Å². The standard InChI is InChI=1S/C14H21N3O3S/c15-21(19,20)13-7-5-11(6-8-13)9-10-16-14(18)17-12-3-1-2-4-12/h5-8,12H,1-4,9-10H2,(H2,15,19,20)(H2,16,17,18). The number of carbonyl (C=O) groups excluding carboxylic acids is 1. The van der Waals surface area contributed by atoms with Crippen molar-refractivity contribution in [2.45, 2.75) is 43.0 Å². The number of nitrogens with two attached hydrogens (primary N) is 1. The summed E-state index contributed by atoms with van der Waals surface area (Å²) < 4.78 is 22.2. The maximum Gasteiger partial charge on any atom is 0.315 e. The Bertz CT molecular complexity index is 578. The molecule has 21 heavy (non-hydrogen) atoms. The molecule has 0 aliphatic heterocycles. The van der Waals surface area contributed by atoms with Crippen molar-refractivity contribution in [2.24, 2.45) is 5.14 Å². The molecule has 7 heteroatoms. The van der Waals surface area contributed by atoms with Crippen molar-refractivity contribution in [3.63, 3.8) is 0 Å². The van der Waals surface area contributed by atoms with Crippen molar-refractivity contribution >= 4 is 16.1 Å². The average Bonchev–Trinajstić information content (AvgIpc) is 2.91. The summed E-state index contributed by atoms with van der Waals surface area (Å²) in [7, 11) is -3.65. The number of hydrogen-bond donors (Lipinski definition) is 3. The number of sulfonamides is 1. The number of amides is 2. The third kappa shape index (κ3) is 5.02. The number of nitrogens with one attached hydrogen (secondary N) is 2. The van der Waals surface area contributed by atoms with Crippen LogP contribution >= 0.6 is 0 Å². The SMILES string of the molecule is NS(=O)(=O)c1ccc(CCNC(=O)NC2CCCC2)cc1. The highest BCUT2D eigenvalue weighted by Crippen LogP contribution is 2.17. The largest absolute Gasteiger partial charge is 0.338 e. The van der Waals surface area contributed by atoms with Crippen LogP contribution in [0.2, 0.25) is 0 Å². The predicted molar refractivity (Wildman–Crippen MR) is 80.3 cm³/mol. The van der Waals surface area contributed by atoms with Gasteiger partial charge in [0.25, 0.3) is 0 Å². The summed E-state index contributed by atoms with van der Waals surface area (Å²) in [5.41, 5.74) is 0.948. The first-order valence-electron chi connectivity index (χ1n) is 7.11. The van der Waals surface area contributed by atoms with E-state index < -0.39 is 10.0 Å². The lowest BCUT2D eigenvalue weighted by molar-refractivity contribution is 0.237. The number of carbonyl (C=O) groups is 1. The molecule has 1 aromatic rings. The molecule has 1 aliphatic carbocycles. The molecular formula is C14H21N3O3S. The molecule has 1 aromatic carbocycles. The highest BCUT2D eigenvalue weighted by atomic mass is 32.2. The van der Waals surface area contributed by atoms with Crippen LogP contribution in [0.15, 0.2) is 29.2 Å². The van der Waals surface area contributed by atoms with E-state index in [1.54, 1.807) is 12.1 Å². The van der Waals surface area contributed by atoms with Crippen molar-refractivity contribution in [3.8, 4) is 0 Å². The van der Waals surface area contributed by atoms with Crippen LogP contribution in [0, 0.1) is 0 Å². The van der Waals surface area contributed by atoms with Gasteiger partial charge in [0, 0.05) is 12.6 Å². The third-order valence-corrected chi connectivity index (χ3v) is 4.57. The van der Waals surface area contributed by atoms with Gasteiger partial charge in [-0.15, -0.1) is 0 Å². The number of primary sulfonamides is 1. The molecule has 2 rings (SSSR count). The quantitative estimate of drug-likeness (QED) is 0.759. The fourth-order valence-corrected chi connectivity index (χ4v) is 2.99. The molecule has 0 bridgehead atoms. The van der Waals surface area contributed by atoms with Crippen molar-refractivity contribution in [1.29, 1.82) is 0 Å². The Balaban J connectivity index is 1.74. The van der Waals surface area contributed by atoms with Crippen molar-refractivity contribution in [3.05, 3.63) is 29.8 Å². The molecule has 0 spiro atoms. The molecule has 0 heterocycles. The van der Waals surface area contributed by atoms with Crippen LogP contribution in [0.4, 0.5) is 4.79 Å². The van der Waals surface area contributed by atoms with Gasteiger partial charge in [-0.05, 0) is 37.0 Å². The minimum atomic E-state index is -3.65. The maximum absolute atomic E-state index is 11.7. The summed E-state index contributed by atoms with van der Waals surface area (Å²) in [6, 6.07) is 6.53. The van der Waals surface area contributed by atoms with Crippen LogP contribution < -0.4 is 15.8 Å². The molecule has 0 radical (unpaired) electrons. The summed E-state index contributed by atoms with van der Waals surface area (Å²) in [4.78, 5) is 11.8. The maximum atomic E-state index is 11.7. The molecule has 1 saturated carbocycles. The van der Waals surface area contributed by atoms with Crippen LogP contribution in [-0.2, 0) is 16.4 Å². The Morgan fingerprint density at radius 2 is 1.81 bits per heavy atom. The molecule has 0 saturated heterocycles. The topological polar surface area (TPSA) is 101 Å². The van der Waals surface area contributed by atoms with E-state index in [1.807, 2.05) is 0 Å². The highest BCUT2D eigenvalue weighted by Gasteiger charge is 2.16. The lowest BCUT2D eigenvalue weighted by atomic mass is 10.1. The first-order chi connectivity index (χ1) is 9.95. The molecule has 0 unspecified atom stereocenters. The van der Waals surface area contributed by atoms with Crippen LogP contribution in [0.25, 0.3) is 0 Å². The number of benzene rings is 1. The predicted octanol–water partition coefficient (Wildman–Crippen LogP) is 1.12. The fraction of sp³-hybridized carbons (Fsp3) is 0.500. The summed E-state index contributed by atoms with van der Waals surface area (Å²) in [5.74, 6) is 0. The Labute approximate surface area is 125 Å². The van der Waals surface area contributed by atoms with Gasteiger partial charge in [0.05, 0.1) is 4.90 Å². The molecule has 0 atom stereocenters. The van der Waals surface area contributed by atoms with E-state index in [0.29, 0.717) is 19.0 Å². The number of rotatable bonds is 5. The van der Waals surface area contributed by atoms with Gasteiger partial charge in [0.1, 0.15) is 0 Å². The molecule has 4 N–H and O–H groups in total. The van der Waals surface area contributed by atoms with E-state index in [1.165, 1.54) is 25.0 Å². The van der Waals surface area contributed by atoms with Crippen molar-refractivity contribution in [2.75, 3.05) is 6.54 Å². The molecule has 1 fully saturated rings. The zero-order valence-electron chi connectivity index (χ0n) is 11.8. The first kappa shape index (κ1) is 15.8. The minimum Gasteiger partial charge on any atom is -0.338 e. The van der Waals surface area contributed by atoms with Crippen LogP contribution in [0.5, 0.6) is 0 Å². The van der Waals surface area contributed by atoms with E-state index in [9.17, 15) is 13.2 Å². The van der Waals surface area contributed by atoms with E-state index in [0.717, 1.165) is 18.4 Å². The Morgan fingerprint density at radius 1 is 1.19 bits per heavy atom. The smallest absolute Gasteiger partial charge is 0.315 e. The molecule has 6 nitrogen and oxygen atoms in total. The van der Waals surface area contributed by atoms with Gasteiger partial charge in [0.15, 0.2) is 0 Å². The Kier molecular flexibility index (Phi) is 5.19. The molecule has 2 amide bonds. The van der Waals surface area contributed by atoms with Gasteiger partial charge in [-0.3, -0.25) is 0 Å². The van der Waals surface area contributed by atoms with E-state index in [4.69, 9.17) is 5.14 Å². The van der Waals surface area contributed by atoms with Gasteiger partial charge in [-0.25, -0.2) is 18.4 Å².